The van der Waals surface area contributed by atoms with E-state index in [9.17, 15) is 9.59 Å². The number of hydrogen-bond acceptors (Lipinski definition) is 4. The molecule has 1 N–H and O–H groups in total. The van der Waals surface area contributed by atoms with E-state index in [0.717, 1.165) is 6.42 Å². The third-order valence-electron chi connectivity index (χ3n) is 3.85. The van der Waals surface area contributed by atoms with Crippen molar-refractivity contribution in [2.24, 2.45) is 0 Å². The molecule has 1 atom stereocenters. The van der Waals surface area contributed by atoms with Gasteiger partial charge in [0.15, 0.2) is 0 Å². The van der Waals surface area contributed by atoms with E-state index in [1.165, 1.54) is 12.5 Å². The number of hydrogen-bond donors (Lipinski definition) is 1. The van der Waals surface area contributed by atoms with Crippen molar-refractivity contribution in [3.63, 3.8) is 0 Å². The van der Waals surface area contributed by atoms with Gasteiger partial charge in [-0.2, -0.15) is 0 Å². The van der Waals surface area contributed by atoms with Gasteiger partial charge in [0.25, 0.3) is 5.91 Å². The van der Waals surface area contributed by atoms with Gasteiger partial charge in [0.05, 0.1) is 17.9 Å². The predicted octanol–water partition coefficient (Wildman–Crippen LogP) is 0.952. The van der Waals surface area contributed by atoms with Crippen LogP contribution in [-0.4, -0.2) is 60.4 Å². The van der Waals surface area contributed by atoms with Crippen LogP contribution >= 0.6 is 0 Å². The van der Waals surface area contributed by atoms with E-state index in [0.29, 0.717) is 38.3 Å². The highest BCUT2D eigenvalue weighted by molar-refractivity contribution is 5.93. The molecular weight excluding hydrogens is 270 g/mol. The van der Waals surface area contributed by atoms with Crippen molar-refractivity contribution in [2.45, 2.75) is 26.3 Å². The summed E-state index contributed by atoms with van der Waals surface area (Å²) in [5, 5.41) is 2.91. The van der Waals surface area contributed by atoms with Gasteiger partial charge in [-0.3, -0.25) is 14.5 Å². The molecule has 1 saturated heterocycles. The second kappa shape index (κ2) is 7.26. The standard InChI is InChI=1S/C15H23N3O3/c1-3-5-16-14(19)12(2)17-6-8-18(9-7-17)15(20)13-4-10-21-11-13/h4,10-12H,3,5-9H2,1-2H3,(H,16,19)/t12-/m1/s1. The molecule has 2 heterocycles. The Morgan fingerprint density at radius 1 is 1.33 bits per heavy atom. The number of carbonyl (C=O) groups excluding carboxylic acids is 2. The second-order valence-corrected chi connectivity index (χ2v) is 5.31. The summed E-state index contributed by atoms with van der Waals surface area (Å²) in [7, 11) is 0. The minimum atomic E-state index is -0.150. The molecule has 2 amide bonds. The molecule has 6 heteroatoms. The number of nitrogens with zero attached hydrogens (tertiary/aromatic N) is 2. The first-order valence-corrected chi connectivity index (χ1v) is 7.46. The number of amides is 2. The fourth-order valence-electron chi connectivity index (χ4n) is 2.44. The van der Waals surface area contributed by atoms with E-state index in [1.54, 1.807) is 11.0 Å². The van der Waals surface area contributed by atoms with Gasteiger partial charge in [-0.1, -0.05) is 6.92 Å². The van der Waals surface area contributed by atoms with Crippen molar-refractivity contribution < 1.29 is 14.0 Å². The van der Waals surface area contributed by atoms with Crippen LogP contribution in [0.5, 0.6) is 0 Å². The van der Waals surface area contributed by atoms with E-state index in [2.05, 4.69) is 10.2 Å². The first-order chi connectivity index (χ1) is 10.1. The summed E-state index contributed by atoms with van der Waals surface area (Å²) in [5.74, 6) is 0.0537. The van der Waals surface area contributed by atoms with Crippen molar-refractivity contribution in [3.05, 3.63) is 24.2 Å². The third kappa shape index (κ3) is 3.85. The highest BCUT2D eigenvalue weighted by Gasteiger charge is 2.27. The topological polar surface area (TPSA) is 65.8 Å². The van der Waals surface area contributed by atoms with Crippen molar-refractivity contribution in [1.82, 2.24) is 15.1 Å². The number of rotatable bonds is 5. The van der Waals surface area contributed by atoms with Crippen molar-refractivity contribution in [1.29, 1.82) is 0 Å². The number of furan rings is 1. The normalized spacial score (nSPS) is 17.5. The molecular formula is C15H23N3O3. The van der Waals surface area contributed by atoms with Crippen LogP contribution in [-0.2, 0) is 4.79 Å². The van der Waals surface area contributed by atoms with Gasteiger partial charge >= 0.3 is 0 Å². The van der Waals surface area contributed by atoms with E-state index >= 15 is 0 Å². The number of nitrogens with one attached hydrogen (secondary N) is 1. The maximum absolute atomic E-state index is 12.2. The number of piperazine rings is 1. The Hall–Kier alpha value is -1.82. The van der Waals surface area contributed by atoms with E-state index in [-0.39, 0.29) is 17.9 Å². The smallest absolute Gasteiger partial charge is 0.257 e. The van der Waals surface area contributed by atoms with Crippen LogP contribution in [0.25, 0.3) is 0 Å². The molecule has 0 unspecified atom stereocenters. The molecule has 0 radical (unpaired) electrons. The van der Waals surface area contributed by atoms with Gasteiger partial charge in [0, 0.05) is 32.7 Å². The first-order valence-electron chi connectivity index (χ1n) is 7.46. The van der Waals surface area contributed by atoms with E-state index < -0.39 is 0 Å². The van der Waals surface area contributed by atoms with Crippen LogP contribution in [0.3, 0.4) is 0 Å². The SMILES string of the molecule is CCCNC(=O)[C@@H](C)N1CCN(C(=O)c2ccoc2)CC1. The lowest BCUT2D eigenvalue weighted by molar-refractivity contribution is -0.126. The summed E-state index contributed by atoms with van der Waals surface area (Å²) >= 11 is 0. The van der Waals surface area contributed by atoms with Gasteiger partial charge < -0.3 is 14.6 Å². The molecule has 116 valence electrons. The Balaban J connectivity index is 1.82. The highest BCUT2D eigenvalue weighted by atomic mass is 16.3. The van der Waals surface area contributed by atoms with Crippen LogP contribution in [0.4, 0.5) is 0 Å². The number of carbonyl (C=O) groups is 2. The zero-order chi connectivity index (χ0) is 15.2. The molecule has 6 nitrogen and oxygen atoms in total. The molecule has 2 rings (SSSR count). The predicted molar refractivity (Wildman–Crippen MR) is 78.9 cm³/mol. The molecule has 1 aliphatic rings. The maximum atomic E-state index is 12.2. The lowest BCUT2D eigenvalue weighted by Crippen LogP contribution is -2.55. The summed E-state index contributed by atoms with van der Waals surface area (Å²) in [6, 6.07) is 1.53. The van der Waals surface area contributed by atoms with Gasteiger partial charge in [-0.05, 0) is 19.4 Å². The fraction of sp³-hybridized carbons (Fsp3) is 0.600. The molecule has 21 heavy (non-hydrogen) atoms. The second-order valence-electron chi connectivity index (χ2n) is 5.31. The zero-order valence-electron chi connectivity index (χ0n) is 12.7. The maximum Gasteiger partial charge on any atom is 0.257 e. The van der Waals surface area contributed by atoms with Crippen molar-refractivity contribution in [2.75, 3.05) is 32.7 Å². The van der Waals surface area contributed by atoms with Gasteiger partial charge in [-0.25, -0.2) is 0 Å². The fourth-order valence-corrected chi connectivity index (χ4v) is 2.44. The highest BCUT2D eigenvalue weighted by Crippen LogP contribution is 2.11. The minimum absolute atomic E-state index is 0.00788. The largest absolute Gasteiger partial charge is 0.472 e. The Kier molecular flexibility index (Phi) is 5.38. The van der Waals surface area contributed by atoms with E-state index in [1.807, 2.05) is 13.8 Å². The lowest BCUT2D eigenvalue weighted by atomic mass is 10.2. The molecule has 0 spiro atoms. The summed E-state index contributed by atoms with van der Waals surface area (Å²) in [5.41, 5.74) is 0.581. The van der Waals surface area contributed by atoms with Crippen molar-refractivity contribution in [3.8, 4) is 0 Å². The molecule has 0 bridgehead atoms. The first kappa shape index (κ1) is 15.6. The lowest BCUT2D eigenvalue weighted by Gasteiger charge is -2.37. The quantitative estimate of drug-likeness (QED) is 0.878. The molecule has 1 fully saturated rings. The Bertz CT molecular complexity index is 465. The van der Waals surface area contributed by atoms with Gasteiger partial charge in [-0.15, -0.1) is 0 Å². The molecule has 1 aliphatic heterocycles. The van der Waals surface area contributed by atoms with Crippen LogP contribution in [0.2, 0.25) is 0 Å². The Labute approximate surface area is 125 Å². The zero-order valence-corrected chi connectivity index (χ0v) is 12.7. The summed E-state index contributed by atoms with van der Waals surface area (Å²) in [4.78, 5) is 28.1. The Morgan fingerprint density at radius 2 is 2.05 bits per heavy atom. The third-order valence-corrected chi connectivity index (χ3v) is 3.85. The minimum Gasteiger partial charge on any atom is -0.472 e. The molecule has 0 aliphatic carbocycles. The van der Waals surface area contributed by atoms with Crippen LogP contribution in [0, 0.1) is 0 Å². The molecule has 0 saturated carbocycles. The van der Waals surface area contributed by atoms with Gasteiger partial charge in [0.1, 0.15) is 6.26 Å². The summed E-state index contributed by atoms with van der Waals surface area (Å²) < 4.78 is 4.94. The van der Waals surface area contributed by atoms with Gasteiger partial charge in [0.2, 0.25) is 5.91 Å². The average Bonchev–Trinajstić information content (AvgIpc) is 3.05. The summed E-state index contributed by atoms with van der Waals surface area (Å²) in [6.07, 6.45) is 3.91. The molecule has 0 aromatic carbocycles. The monoisotopic (exact) mass is 293 g/mol. The summed E-state index contributed by atoms with van der Waals surface area (Å²) in [6.45, 7) is 7.35. The molecule has 1 aromatic rings. The average molecular weight is 293 g/mol. The van der Waals surface area contributed by atoms with Crippen LogP contribution in [0.15, 0.2) is 23.0 Å². The van der Waals surface area contributed by atoms with Crippen molar-refractivity contribution >= 4 is 11.8 Å². The van der Waals surface area contributed by atoms with Crippen LogP contribution in [0.1, 0.15) is 30.6 Å². The Morgan fingerprint density at radius 3 is 2.62 bits per heavy atom. The molecule has 1 aromatic heterocycles. The van der Waals surface area contributed by atoms with E-state index in [4.69, 9.17) is 4.42 Å². The van der Waals surface area contributed by atoms with Crippen LogP contribution < -0.4 is 5.32 Å².